The number of amides is 1. The van der Waals surface area contributed by atoms with Crippen molar-refractivity contribution < 1.29 is 4.79 Å². The second-order valence-corrected chi connectivity index (χ2v) is 4.70. The monoisotopic (exact) mass is 249 g/mol. The van der Waals surface area contributed by atoms with E-state index < -0.39 is 0 Å². The minimum atomic E-state index is -0.148. The Morgan fingerprint density at radius 2 is 2.22 bits per heavy atom. The molecule has 1 unspecified atom stereocenters. The number of rotatable bonds is 7. The number of anilines is 1. The van der Waals surface area contributed by atoms with E-state index in [2.05, 4.69) is 17.2 Å². The zero-order chi connectivity index (χ0) is 13.4. The average molecular weight is 249 g/mol. The molecular weight excluding hydrogens is 226 g/mol. The third kappa shape index (κ3) is 5.17. The molecule has 0 bridgehead atoms. The van der Waals surface area contributed by atoms with E-state index in [1.165, 1.54) is 19.3 Å². The van der Waals surface area contributed by atoms with Crippen LogP contribution in [0.2, 0.25) is 0 Å². The first-order valence-corrected chi connectivity index (χ1v) is 6.66. The summed E-state index contributed by atoms with van der Waals surface area (Å²) in [5.41, 5.74) is 6.57. The highest BCUT2D eigenvalue weighted by atomic mass is 16.1. The van der Waals surface area contributed by atoms with Gasteiger partial charge in [0, 0.05) is 17.9 Å². The van der Waals surface area contributed by atoms with Crippen LogP contribution in [-0.2, 0) is 0 Å². The molecule has 1 atom stereocenters. The lowest BCUT2D eigenvalue weighted by atomic mass is 10.1. The maximum absolute atomic E-state index is 11.9. The largest absolute Gasteiger partial charge is 0.399 e. The normalized spacial score (nSPS) is 12.1. The van der Waals surface area contributed by atoms with Gasteiger partial charge in [-0.25, -0.2) is 0 Å². The van der Waals surface area contributed by atoms with Crippen LogP contribution in [0.5, 0.6) is 0 Å². The number of nitrogens with two attached hydrogens (primary N) is 1. The molecule has 100 valence electrons. The Bertz CT molecular complexity index is 379. The van der Waals surface area contributed by atoms with Gasteiger partial charge in [-0.2, -0.15) is 0 Å². The van der Waals surface area contributed by atoms with Gasteiger partial charge in [-0.1, -0.05) is 32.6 Å². The van der Waals surface area contributed by atoms with Crippen LogP contribution in [0.1, 0.15) is 56.4 Å². The van der Waals surface area contributed by atoms with Crippen molar-refractivity contribution in [3.05, 3.63) is 24.0 Å². The van der Waals surface area contributed by atoms with E-state index in [0.29, 0.717) is 11.4 Å². The SMILES string of the molecule is CCCCCCC(C)NC(=O)c1cc(N)ccn1. The molecule has 0 saturated heterocycles. The van der Waals surface area contributed by atoms with Crippen LogP contribution in [-0.4, -0.2) is 16.9 Å². The summed E-state index contributed by atoms with van der Waals surface area (Å²) in [5, 5.41) is 2.94. The Labute approximate surface area is 109 Å². The number of pyridine rings is 1. The molecule has 1 aromatic rings. The first-order chi connectivity index (χ1) is 8.63. The maximum atomic E-state index is 11.9. The standard InChI is InChI=1S/C14H23N3O/c1-3-4-5-6-7-11(2)17-14(18)13-10-12(15)8-9-16-13/h8-11H,3-7H2,1-2H3,(H2,15,16)(H,17,18). The van der Waals surface area contributed by atoms with E-state index in [0.717, 1.165) is 12.8 Å². The number of hydrogen-bond acceptors (Lipinski definition) is 3. The van der Waals surface area contributed by atoms with Gasteiger partial charge in [0.1, 0.15) is 5.69 Å². The van der Waals surface area contributed by atoms with Crippen molar-refractivity contribution >= 4 is 11.6 Å². The van der Waals surface area contributed by atoms with E-state index in [-0.39, 0.29) is 11.9 Å². The molecule has 0 spiro atoms. The minimum Gasteiger partial charge on any atom is -0.399 e. The summed E-state index contributed by atoms with van der Waals surface area (Å²) in [4.78, 5) is 15.9. The Hall–Kier alpha value is -1.58. The van der Waals surface area contributed by atoms with Crippen LogP contribution in [0.3, 0.4) is 0 Å². The van der Waals surface area contributed by atoms with Crippen LogP contribution in [0, 0.1) is 0 Å². The molecule has 1 heterocycles. The van der Waals surface area contributed by atoms with Gasteiger partial charge >= 0.3 is 0 Å². The summed E-state index contributed by atoms with van der Waals surface area (Å²) in [6.07, 6.45) is 7.43. The maximum Gasteiger partial charge on any atom is 0.270 e. The van der Waals surface area contributed by atoms with Crippen molar-refractivity contribution in [1.82, 2.24) is 10.3 Å². The summed E-state index contributed by atoms with van der Waals surface area (Å²) >= 11 is 0. The molecule has 0 aliphatic rings. The quantitative estimate of drug-likeness (QED) is 0.730. The molecule has 0 fully saturated rings. The van der Waals surface area contributed by atoms with Crippen LogP contribution in [0.25, 0.3) is 0 Å². The molecule has 0 aliphatic heterocycles. The number of hydrogen-bond donors (Lipinski definition) is 2. The van der Waals surface area contributed by atoms with Gasteiger partial charge in [-0.15, -0.1) is 0 Å². The van der Waals surface area contributed by atoms with Gasteiger partial charge < -0.3 is 11.1 Å². The van der Waals surface area contributed by atoms with Gasteiger partial charge in [-0.05, 0) is 25.5 Å². The lowest BCUT2D eigenvalue weighted by Crippen LogP contribution is -2.33. The third-order valence-corrected chi connectivity index (χ3v) is 2.88. The predicted octanol–water partition coefficient (Wildman–Crippen LogP) is 2.75. The number of nitrogens with one attached hydrogen (secondary N) is 1. The molecule has 0 radical (unpaired) electrons. The highest BCUT2D eigenvalue weighted by molar-refractivity contribution is 5.93. The van der Waals surface area contributed by atoms with Crippen molar-refractivity contribution in [2.75, 3.05) is 5.73 Å². The summed E-state index contributed by atoms with van der Waals surface area (Å²) in [6, 6.07) is 3.45. The summed E-state index contributed by atoms with van der Waals surface area (Å²) in [6.45, 7) is 4.22. The molecular formula is C14H23N3O. The minimum absolute atomic E-state index is 0.148. The average Bonchev–Trinajstić information content (AvgIpc) is 2.34. The Kier molecular flexibility index (Phi) is 6.19. The van der Waals surface area contributed by atoms with Crippen LogP contribution < -0.4 is 11.1 Å². The topological polar surface area (TPSA) is 68.0 Å². The fraction of sp³-hybridized carbons (Fsp3) is 0.571. The van der Waals surface area contributed by atoms with Crippen LogP contribution >= 0.6 is 0 Å². The number of nitrogen functional groups attached to an aromatic ring is 1. The van der Waals surface area contributed by atoms with Gasteiger partial charge in [0.15, 0.2) is 0 Å². The Morgan fingerprint density at radius 1 is 1.44 bits per heavy atom. The predicted molar refractivity (Wildman–Crippen MR) is 74.3 cm³/mol. The molecule has 1 aromatic heterocycles. The lowest BCUT2D eigenvalue weighted by molar-refractivity contribution is 0.0933. The van der Waals surface area contributed by atoms with Gasteiger partial charge in [0.2, 0.25) is 0 Å². The highest BCUT2D eigenvalue weighted by Gasteiger charge is 2.10. The van der Waals surface area contributed by atoms with Crippen molar-refractivity contribution in [2.24, 2.45) is 0 Å². The molecule has 1 rings (SSSR count). The first-order valence-electron chi connectivity index (χ1n) is 6.66. The Balaban J connectivity index is 2.35. The fourth-order valence-electron chi connectivity index (χ4n) is 1.82. The number of unbranched alkanes of at least 4 members (excludes halogenated alkanes) is 3. The van der Waals surface area contributed by atoms with E-state index in [1.807, 2.05) is 6.92 Å². The first kappa shape index (κ1) is 14.5. The molecule has 4 nitrogen and oxygen atoms in total. The van der Waals surface area contributed by atoms with Crippen molar-refractivity contribution in [2.45, 2.75) is 52.0 Å². The Morgan fingerprint density at radius 3 is 2.89 bits per heavy atom. The van der Waals surface area contributed by atoms with Crippen molar-refractivity contribution in [3.8, 4) is 0 Å². The van der Waals surface area contributed by atoms with Crippen molar-refractivity contribution in [3.63, 3.8) is 0 Å². The van der Waals surface area contributed by atoms with E-state index >= 15 is 0 Å². The van der Waals surface area contributed by atoms with Crippen molar-refractivity contribution in [1.29, 1.82) is 0 Å². The number of nitrogens with zero attached hydrogens (tertiary/aromatic N) is 1. The zero-order valence-electron chi connectivity index (χ0n) is 11.3. The number of carbonyl (C=O) groups excluding carboxylic acids is 1. The molecule has 0 aliphatic carbocycles. The second kappa shape index (κ2) is 7.69. The molecule has 4 heteroatoms. The van der Waals surface area contributed by atoms with Gasteiger partial charge in [0.05, 0.1) is 0 Å². The van der Waals surface area contributed by atoms with Crippen LogP contribution in [0.15, 0.2) is 18.3 Å². The number of aromatic nitrogens is 1. The summed E-state index contributed by atoms with van der Waals surface area (Å²) < 4.78 is 0. The van der Waals surface area contributed by atoms with E-state index in [1.54, 1.807) is 18.3 Å². The molecule has 18 heavy (non-hydrogen) atoms. The summed E-state index contributed by atoms with van der Waals surface area (Å²) in [7, 11) is 0. The second-order valence-electron chi connectivity index (χ2n) is 4.70. The smallest absolute Gasteiger partial charge is 0.270 e. The van der Waals surface area contributed by atoms with E-state index in [9.17, 15) is 4.79 Å². The highest BCUT2D eigenvalue weighted by Crippen LogP contribution is 2.07. The molecule has 0 saturated carbocycles. The molecule has 1 amide bonds. The molecule has 3 N–H and O–H groups in total. The van der Waals surface area contributed by atoms with Crippen LogP contribution in [0.4, 0.5) is 5.69 Å². The van der Waals surface area contributed by atoms with Gasteiger partial charge in [0.25, 0.3) is 5.91 Å². The van der Waals surface area contributed by atoms with Gasteiger partial charge in [-0.3, -0.25) is 9.78 Å². The summed E-state index contributed by atoms with van der Waals surface area (Å²) in [5.74, 6) is -0.148. The third-order valence-electron chi connectivity index (χ3n) is 2.88. The molecule has 0 aromatic carbocycles. The number of carbonyl (C=O) groups is 1. The lowest BCUT2D eigenvalue weighted by Gasteiger charge is -2.13. The zero-order valence-corrected chi connectivity index (χ0v) is 11.3. The fourth-order valence-corrected chi connectivity index (χ4v) is 1.82. The van der Waals surface area contributed by atoms with E-state index in [4.69, 9.17) is 5.73 Å².